The van der Waals surface area contributed by atoms with Crippen LogP contribution in [-0.2, 0) is 0 Å². The van der Waals surface area contributed by atoms with Crippen LogP contribution in [0.3, 0.4) is 0 Å². The molecule has 2 rings (SSSR count). The van der Waals surface area contributed by atoms with E-state index in [-0.39, 0.29) is 0 Å². The summed E-state index contributed by atoms with van der Waals surface area (Å²) in [5, 5.41) is 3.73. The topological polar surface area (TPSA) is 15.3 Å². The lowest BCUT2D eigenvalue weighted by atomic mass is 9.93. The number of hydrogen-bond acceptors (Lipinski definition) is 2. The van der Waals surface area contributed by atoms with Gasteiger partial charge in [-0.25, -0.2) is 0 Å². The lowest BCUT2D eigenvalue weighted by molar-refractivity contribution is 0.122. The molecule has 0 bridgehead atoms. The van der Waals surface area contributed by atoms with Gasteiger partial charge >= 0.3 is 0 Å². The van der Waals surface area contributed by atoms with Crippen molar-refractivity contribution in [2.24, 2.45) is 5.92 Å². The SMILES string of the molecule is C=CCN1CC(C(C)CC)NCC1c1ccccc1. The first-order valence-corrected chi connectivity index (χ1v) is 7.39. The fourth-order valence-electron chi connectivity index (χ4n) is 2.87. The zero-order chi connectivity index (χ0) is 13.7. The lowest BCUT2D eigenvalue weighted by Gasteiger charge is -2.42. The van der Waals surface area contributed by atoms with Gasteiger partial charge in [-0.15, -0.1) is 6.58 Å². The van der Waals surface area contributed by atoms with E-state index in [1.54, 1.807) is 0 Å². The zero-order valence-electron chi connectivity index (χ0n) is 12.2. The van der Waals surface area contributed by atoms with Gasteiger partial charge in [0.15, 0.2) is 0 Å². The van der Waals surface area contributed by atoms with Gasteiger partial charge in [-0.1, -0.05) is 56.7 Å². The number of benzene rings is 1. The summed E-state index contributed by atoms with van der Waals surface area (Å²) in [6.45, 7) is 11.6. The first-order valence-electron chi connectivity index (χ1n) is 7.39. The largest absolute Gasteiger partial charge is 0.311 e. The maximum absolute atomic E-state index is 3.91. The van der Waals surface area contributed by atoms with E-state index in [0.717, 1.165) is 25.6 Å². The third-order valence-corrected chi connectivity index (χ3v) is 4.32. The number of nitrogens with one attached hydrogen (secondary N) is 1. The summed E-state index contributed by atoms with van der Waals surface area (Å²) in [4.78, 5) is 2.55. The molecule has 1 aliphatic heterocycles. The van der Waals surface area contributed by atoms with E-state index in [4.69, 9.17) is 0 Å². The van der Waals surface area contributed by atoms with Crippen LogP contribution in [0, 0.1) is 5.92 Å². The average Bonchev–Trinajstić information content (AvgIpc) is 2.47. The molecule has 0 aromatic heterocycles. The maximum atomic E-state index is 3.91. The van der Waals surface area contributed by atoms with Crippen molar-refractivity contribution >= 4 is 0 Å². The quantitative estimate of drug-likeness (QED) is 0.816. The van der Waals surface area contributed by atoms with Crippen molar-refractivity contribution in [3.05, 3.63) is 48.6 Å². The van der Waals surface area contributed by atoms with Gasteiger partial charge in [-0.3, -0.25) is 4.90 Å². The number of nitrogens with zero attached hydrogens (tertiary/aromatic N) is 1. The highest BCUT2D eigenvalue weighted by atomic mass is 15.2. The Morgan fingerprint density at radius 3 is 2.79 bits per heavy atom. The first-order chi connectivity index (χ1) is 9.26. The van der Waals surface area contributed by atoms with Gasteiger partial charge < -0.3 is 5.32 Å². The summed E-state index contributed by atoms with van der Waals surface area (Å²) >= 11 is 0. The molecule has 1 aromatic carbocycles. The summed E-state index contributed by atoms with van der Waals surface area (Å²) in [6.07, 6.45) is 3.25. The van der Waals surface area contributed by atoms with Crippen molar-refractivity contribution in [3.63, 3.8) is 0 Å². The molecular weight excluding hydrogens is 232 g/mol. The predicted molar refractivity (Wildman–Crippen MR) is 82.2 cm³/mol. The van der Waals surface area contributed by atoms with E-state index >= 15 is 0 Å². The Bertz CT molecular complexity index is 388. The van der Waals surface area contributed by atoms with E-state index < -0.39 is 0 Å². The van der Waals surface area contributed by atoms with Crippen LogP contribution >= 0.6 is 0 Å². The van der Waals surface area contributed by atoms with Crippen LogP contribution < -0.4 is 5.32 Å². The molecule has 1 heterocycles. The predicted octanol–water partition coefficient (Wildman–Crippen LogP) is 3.23. The molecule has 1 fully saturated rings. The van der Waals surface area contributed by atoms with Crippen LogP contribution in [0.25, 0.3) is 0 Å². The number of piperazine rings is 1. The molecule has 1 aromatic rings. The Morgan fingerprint density at radius 1 is 1.42 bits per heavy atom. The van der Waals surface area contributed by atoms with Crippen LogP contribution in [0.1, 0.15) is 31.9 Å². The molecule has 19 heavy (non-hydrogen) atoms. The second kappa shape index (κ2) is 6.88. The van der Waals surface area contributed by atoms with E-state index in [1.807, 2.05) is 6.08 Å². The second-order valence-electron chi connectivity index (χ2n) is 5.57. The van der Waals surface area contributed by atoms with Crippen LogP contribution in [0.5, 0.6) is 0 Å². The van der Waals surface area contributed by atoms with Crippen LogP contribution in [0.15, 0.2) is 43.0 Å². The van der Waals surface area contributed by atoms with Crippen molar-refractivity contribution in [1.29, 1.82) is 0 Å². The number of rotatable bonds is 5. The molecule has 2 nitrogen and oxygen atoms in total. The van der Waals surface area contributed by atoms with Gasteiger partial charge in [0.2, 0.25) is 0 Å². The highest BCUT2D eigenvalue weighted by Crippen LogP contribution is 2.25. The van der Waals surface area contributed by atoms with Crippen molar-refractivity contribution in [2.75, 3.05) is 19.6 Å². The minimum Gasteiger partial charge on any atom is -0.311 e. The van der Waals surface area contributed by atoms with E-state index in [9.17, 15) is 0 Å². The standard InChI is InChI=1S/C17H26N2/c1-4-11-19-13-16(14(3)5-2)18-12-17(19)15-9-7-6-8-10-15/h4,6-10,14,16-18H,1,5,11-13H2,2-3H3. The molecule has 0 spiro atoms. The van der Waals surface area contributed by atoms with Crippen molar-refractivity contribution in [1.82, 2.24) is 10.2 Å². The van der Waals surface area contributed by atoms with Crippen molar-refractivity contribution in [3.8, 4) is 0 Å². The molecule has 0 saturated carbocycles. The van der Waals surface area contributed by atoms with E-state index in [1.165, 1.54) is 12.0 Å². The summed E-state index contributed by atoms with van der Waals surface area (Å²) in [6, 6.07) is 11.9. The van der Waals surface area contributed by atoms with Gasteiger partial charge in [0.1, 0.15) is 0 Å². The molecule has 0 amide bonds. The molecule has 3 unspecified atom stereocenters. The molecule has 1 aliphatic rings. The van der Waals surface area contributed by atoms with Crippen LogP contribution in [0.2, 0.25) is 0 Å². The summed E-state index contributed by atoms with van der Waals surface area (Å²) < 4.78 is 0. The fraction of sp³-hybridized carbons (Fsp3) is 0.529. The highest BCUT2D eigenvalue weighted by Gasteiger charge is 2.30. The Hall–Kier alpha value is -1.12. The van der Waals surface area contributed by atoms with Gasteiger partial charge in [-0.2, -0.15) is 0 Å². The van der Waals surface area contributed by atoms with Gasteiger partial charge in [-0.05, 0) is 11.5 Å². The average molecular weight is 258 g/mol. The third kappa shape index (κ3) is 3.46. The van der Waals surface area contributed by atoms with E-state index in [2.05, 4.69) is 61.0 Å². The molecule has 1 saturated heterocycles. The Kier molecular flexibility index (Phi) is 5.17. The third-order valence-electron chi connectivity index (χ3n) is 4.32. The monoisotopic (exact) mass is 258 g/mol. The van der Waals surface area contributed by atoms with Crippen LogP contribution in [-0.4, -0.2) is 30.6 Å². The Labute approximate surface area is 117 Å². The summed E-state index contributed by atoms with van der Waals surface area (Å²) in [5.74, 6) is 0.726. The minimum atomic E-state index is 0.472. The normalized spacial score (nSPS) is 26.0. The molecule has 0 radical (unpaired) electrons. The summed E-state index contributed by atoms with van der Waals surface area (Å²) in [7, 11) is 0. The van der Waals surface area contributed by atoms with Gasteiger partial charge in [0.05, 0.1) is 0 Å². The molecule has 3 atom stereocenters. The van der Waals surface area contributed by atoms with Gasteiger partial charge in [0, 0.05) is 31.7 Å². The van der Waals surface area contributed by atoms with E-state index in [0.29, 0.717) is 12.1 Å². The maximum Gasteiger partial charge on any atom is 0.0476 e. The second-order valence-corrected chi connectivity index (χ2v) is 5.57. The summed E-state index contributed by atoms with van der Waals surface area (Å²) in [5.41, 5.74) is 1.40. The highest BCUT2D eigenvalue weighted by molar-refractivity contribution is 5.20. The molecule has 2 heteroatoms. The Balaban J connectivity index is 2.10. The zero-order valence-corrected chi connectivity index (χ0v) is 12.2. The molecule has 104 valence electrons. The van der Waals surface area contributed by atoms with Crippen molar-refractivity contribution in [2.45, 2.75) is 32.4 Å². The first kappa shape index (κ1) is 14.3. The minimum absolute atomic E-state index is 0.472. The molecule has 0 aliphatic carbocycles. The molecule has 1 N–H and O–H groups in total. The smallest absolute Gasteiger partial charge is 0.0476 e. The van der Waals surface area contributed by atoms with Gasteiger partial charge in [0.25, 0.3) is 0 Å². The molecular formula is C17H26N2. The van der Waals surface area contributed by atoms with Crippen molar-refractivity contribution < 1.29 is 0 Å². The lowest BCUT2D eigenvalue weighted by Crippen LogP contribution is -2.54. The van der Waals surface area contributed by atoms with Crippen LogP contribution in [0.4, 0.5) is 0 Å². The fourth-order valence-corrected chi connectivity index (χ4v) is 2.87. The number of hydrogen-bond donors (Lipinski definition) is 1. The Morgan fingerprint density at radius 2 is 2.16 bits per heavy atom.